The van der Waals surface area contributed by atoms with E-state index < -0.39 is 0 Å². The molecular weight excluding hydrogens is 258 g/mol. The van der Waals surface area contributed by atoms with Crippen molar-refractivity contribution in [2.45, 2.75) is 6.92 Å². The maximum absolute atomic E-state index is 12.2. The van der Waals surface area contributed by atoms with Crippen molar-refractivity contribution in [2.75, 3.05) is 5.32 Å². The smallest absolute Gasteiger partial charge is 0.272 e. The van der Waals surface area contributed by atoms with Gasteiger partial charge < -0.3 is 5.32 Å². The molecule has 0 saturated heterocycles. The van der Waals surface area contributed by atoms with Crippen LogP contribution in [0.4, 0.5) is 5.82 Å². The molecule has 0 aromatic carbocycles. The highest BCUT2D eigenvalue weighted by Gasteiger charge is 2.15. The molecule has 0 saturated carbocycles. The molecule has 3 rings (SSSR count). The van der Waals surface area contributed by atoms with Crippen LogP contribution in [0.25, 0.3) is 5.65 Å². The summed E-state index contributed by atoms with van der Waals surface area (Å²) in [7, 11) is 0. The van der Waals surface area contributed by atoms with E-state index in [-0.39, 0.29) is 17.0 Å². The van der Waals surface area contributed by atoms with Crippen molar-refractivity contribution in [3.05, 3.63) is 58.3 Å². The van der Waals surface area contributed by atoms with Crippen molar-refractivity contribution < 1.29 is 4.79 Å². The molecule has 0 aliphatic heterocycles. The third-order valence-electron chi connectivity index (χ3n) is 2.78. The third-order valence-corrected chi connectivity index (χ3v) is 2.78. The van der Waals surface area contributed by atoms with Crippen molar-refractivity contribution in [1.82, 2.24) is 19.6 Å². The monoisotopic (exact) mass is 269 g/mol. The highest BCUT2D eigenvalue weighted by molar-refractivity contribution is 6.07. The normalized spacial score (nSPS) is 10.7. The number of fused-ring (bicyclic) bond motifs is 1. The molecule has 0 radical (unpaired) electrons. The number of pyridine rings is 1. The Balaban J connectivity index is 2.02. The van der Waals surface area contributed by atoms with E-state index in [0.29, 0.717) is 17.2 Å². The number of aromatic nitrogens is 4. The Labute approximate surface area is 113 Å². The van der Waals surface area contributed by atoms with E-state index in [2.05, 4.69) is 20.4 Å². The zero-order chi connectivity index (χ0) is 14.1. The molecule has 3 aromatic rings. The summed E-state index contributed by atoms with van der Waals surface area (Å²) in [4.78, 5) is 32.1. The summed E-state index contributed by atoms with van der Waals surface area (Å²) in [5.41, 5.74) is 0.880. The maximum atomic E-state index is 12.2. The second-order valence-electron chi connectivity index (χ2n) is 4.25. The highest BCUT2D eigenvalue weighted by Crippen LogP contribution is 2.09. The SMILES string of the molecule is Cc1cc(=O)n2[nH]cc(C(=O)Nc3ccccn3)c2n1. The average molecular weight is 269 g/mol. The number of carbonyl (C=O) groups is 1. The minimum Gasteiger partial charge on any atom is -0.306 e. The van der Waals surface area contributed by atoms with E-state index in [4.69, 9.17) is 0 Å². The molecule has 0 spiro atoms. The van der Waals surface area contributed by atoms with E-state index in [0.717, 1.165) is 0 Å². The second kappa shape index (κ2) is 4.61. The maximum Gasteiger partial charge on any atom is 0.272 e. The zero-order valence-corrected chi connectivity index (χ0v) is 10.6. The van der Waals surface area contributed by atoms with E-state index in [1.807, 2.05) is 0 Å². The summed E-state index contributed by atoms with van der Waals surface area (Å²) in [6.45, 7) is 1.70. The molecule has 1 amide bonds. The standard InChI is InChI=1S/C13H11N5O2/c1-8-6-11(19)18-12(16-8)9(7-15-18)13(20)17-10-4-2-3-5-14-10/h2-7,15H,1H3,(H,14,17,20). The summed E-state index contributed by atoms with van der Waals surface area (Å²) in [6, 6.07) is 6.60. The van der Waals surface area contributed by atoms with Gasteiger partial charge in [-0.05, 0) is 19.1 Å². The Morgan fingerprint density at radius 2 is 2.25 bits per heavy atom. The quantitative estimate of drug-likeness (QED) is 0.725. The Kier molecular flexibility index (Phi) is 2.79. The Bertz CT molecular complexity index is 835. The zero-order valence-electron chi connectivity index (χ0n) is 10.6. The van der Waals surface area contributed by atoms with Crippen molar-refractivity contribution in [2.24, 2.45) is 0 Å². The number of anilines is 1. The molecule has 100 valence electrons. The molecule has 7 nitrogen and oxygen atoms in total. The number of amides is 1. The minimum atomic E-state index is -0.375. The van der Waals surface area contributed by atoms with Gasteiger partial charge in [-0.1, -0.05) is 6.07 Å². The average Bonchev–Trinajstić information content (AvgIpc) is 2.84. The number of H-pyrrole nitrogens is 1. The van der Waals surface area contributed by atoms with Crippen LogP contribution in [0.1, 0.15) is 16.1 Å². The van der Waals surface area contributed by atoms with Gasteiger partial charge in [-0.25, -0.2) is 14.5 Å². The van der Waals surface area contributed by atoms with Gasteiger partial charge in [0.25, 0.3) is 11.5 Å². The first-order valence-corrected chi connectivity index (χ1v) is 5.95. The number of aromatic amines is 1. The van der Waals surface area contributed by atoms with E-state index in [1.54, 1.807) is 31.3 Å². The Morgan fingerprint density at radius 3 is 3.00 bits per heavy atom. The first-order valence-electron chi connectivity index (χ1n) is 5.95. The van der Waals surface area contributed by atoms with Crippen molar-refractivity contribution in [3.63, 3.8) is 0 Å². The van der Waals surface area contributed by atoms with Gasteiger partial charge in [0, 0.05) is 24.2 Å². The molecule has 0 unspecified atom stereocenters. The molecular formula is C13H11N5O2. The Morgan fingerprint density at radius 1 is 1.40 bits per heavy atom. The van der Waals surface area contributed by atoms with Gasteiger partial charge in [0.15, 0.2) is 5.65 Å². The summed E-state index contributed by atoms with van der Waals surface area (Å²) in [6.07, 6.45) is 3.03. The van der Waals surface area contributed by atoms with Crippen molar-refractivity contribution in [1.29, 1.82) is 0 Å². The lowest BCUT2D eigenvalue weighted by Gasteiger charge is -2.02. The van der Waals surface area contributed by atoms with E-state index in [1.165, 1.54) is 16.8 Å². The number of carbonyl (C=O) groups excluding carboxylic acids is 1. The fourth-order valence-corrected chi connectivity index (χ4v) is 1.88. The van der Waals surface area contributed by atoms with Gasteiger partial charge in [0.2, 0.25) is 0 Å². The summed E-state index contributed by atoms with van der Waals surface area (Å²) in [5, 5.41) is 5.36. The lowest BCUT2D eigenvalue weighted by atomic mass is 10.3. The first-order chi connectivity index (χ1) is 9.65. The number of aryl methyl sites for hydroxylation is 1. The van der Waals surface area contributed by atoms with Crippen LogP contribution in [0.15, 0.2) is 41.5 Å². The van der Waals surface area contributed by atoms with E-state index >= 15 is 0 Å². The van der Waals surface area contributed by atoms with Gasteiger partial charge in [0.05, 0.1) is 0 Å². The van der Waals surface area contributed by atoms with Gasteiger partial charge in [-0.3, -0.25) is 14.7 Å². The molecule has 0 atom stereocenters. The van der Waals surface area contributed by atoms with Crippen LogP contribution >= 0.6 is 0 Å². The molecule has 2 N–H and O–H groups in total. The second-order valence-corrected chi connectivity index (χ2v) is 4.25. The van der Waals surface area contributed by atoms with Crippen molar-refractivity contribution in [3.8, 4) is 0 Å². The molecule has 0 aliphatic carbocycles. The number of nitrogens with one attached hydrogen (secondary N) is 2. The predicted molar refractivity (Wildman–Crippen MR) is 72.7 cm³/mol. The van der Waals surface area contributed by atoms with Gasteiger partial charge in [-0.15, -0.1) is 0 Å². The molecule has 7 heteroatoms. The largest absolute Gasteiger partial charge is 0.306 e. The molecule has 3 heterocycles. The minimum absolute atomic E-state index is 0.260. The fraction of sp³-hybridized carbons (Fsp3) is 0.0769. The number of hydrogen-bond donors (Lipinski definition) is 2. The molecule has 20 heavy (non-hydrogen) atoms. The van der Waals surface area contributed by atoms with Gasteiger partial charge >= 0.3 is 0 Å². The third kappa shape index (κ3) is 2.05. The number of nitrogens with zero attached hydrogens (tertiary/aromatic N) is 3. The van der Waals surface area contributed by atoms with Gasteiger partial charge in [-0.2, -0.15) is 0 Å². The van der Waals surface area contributed by atoms with Crippen LogP contribution in [0.2, 0.25) is 0 Å². The van der Waals surface area contributed by atoms with Gasteiger partial charge in [0.1, 0.15) is 11.4 Å². The van der Waals surface area contributed by atoms with Crippen LogP contribution in [0.5, 0.6) is 0 Å². The summed E-state index contributed by atoms with van der Waals surface area (Å²) < 4.78 is 1.22. The molecule has 0 fully saturated rings. The number of rotatable bonds is 2. The first kappa shape index (κ1) is 12.1. The van der Waals surface area contributed by atoms with Crippen molar-refractivity contribution >= 4 is 17.4 Å². The molecule has 0 aliphatic rings. The summed E-state index contributed by atoms with van der Waals surface area (Å²) >= 11 is 0. The lowest BCUT2D eigenvalue weighted by Crippen LogP contribution is -2.17. The topological polar surface area (TPSA) is 92.1 Å². The predicted octanol–water partition coefficient (Wildman–Crippen LogP) is 0.978. The Hall–Kier alpha value is -2.96. The van der Waals surface area contributed by atoms with Crippen LogP contribution in [0.3, 0.4) is 0 Å². The van der Waals surface area contributed by atoms with E-state index in [9.17, 15) is 9.59 Å². The molecule has 3 aromatic heterocycles. The van der Waals surface area contributed by atoms with Crippen LogP contribution in [-0.2, 0) is 0 Å². The lowest BCUT2D eigenvalue weighted by molar-refractivity contribution is 0.102. The fourth-order valence-electron chi connectivity index (χ4n) is 1.88. The molecule has 0 bridgehead atoms. The van der Waals surface area contributed by atoms with Crippen LogP contribution < -0.4 is 10.9 Å². The number of hydrogen-bond acceptors (Lipinski definition) is 4. The van der Waals surface area contributed by atoms with Crippen LogP contribution in [0, 0.1) is 6.92 Å². The highest BCUT2D eigenvalue weighted by atomic mass is 16.2. The summed E-state index contributed by atoms with van der Waals surface area (Å²) in [5.74, 6) is 0.0619. The van der Waals surface area contributed by atoms with Crippen LogP contribution in [-0.4, -0.2) is 25.5 Å².